The average molecular weight is 248 g/mol. The minimum Gasteiger partial charge on any atom is -0.401 e. The molecule has 2 aromatic carbocycles. The van der Waals surface area contributed by atoms with Crippen LogP contribution in [0.3, 0.4) is 0 Å². The molecule has 2 aromatic heterocycles. The summed E-state index contributed by atoms with van der Waals surface area (Å²) in [5.41, 5.74) is 5.00. The van der Waals surface area contributed by atoms with Crippen LogP contribution in [0.25, 0.3) is 33.7 Å². The molecule has 3 heterocycles. The topological polar surface area (TPSA) is 30.2 Å². The van der Waals surface area contributed by atoms with E-state index in [0.29, 0.717) is 0 Å². The Bertz CT molecular complexity index is 946. The second kappa shape index (κ2) is 3.06. The summed E-state index contributed by atoms with van der Waals surface area (Å²) in [6.45, 7) is 0.818. The van der Waals surface area contributed by atoms with Crippen molar-refractivity contribution >= 4 is 22.3 Å². The van der Waals surface area contributed by atoms with Crippen molar-refractivity contribution in [3.8, 4) is 11.5 Å². The predicted molar refractivity (Wildman–Crippen MR) is 70.7 cm³/mol. The molecule has 19 heavy (non-hydrogen) atoms. The van der Waals surface area contributed by atoms with E-state index in [4.69, 9.17) is 8.83 Å². The number of rotatable bonds is 0. The molecule has 1 aliphatic heterocycles. The maximum atomic E-state index is 6.06. The second-order valence-electron chi connectivity index (χ2n) is 4.88. The van der Waals surface area contributed by atoms with Gasteiger partial charge in [-0.05, 0) is 18.2 Å². The molecule has 1 aliphatic rings. The number of benzene rings is 2. The lowest BCUT2D eigenvalue weighted by atomic mass is 10.1. The third kappa shape index (κ3) is 1.06. The van der Waals surface area contributed by atoms with Crippen LogP contribution in [0.2, 0.25) is 0 Å². The number of nitrogens with zero attached hydrogens (tertiary/aromatic N) is 1. The molecule has 90 valence electrons. The van der Waals surface area contributed by atoms with Crippen LogP contribution in [0.5, 0.6) is 0 Å². The first-order valence-electron chi connectivity index (χ1n) is 6.34. The highest BCUT2D eigenvalue weighted by Gasteiger charge is 2.36. The highest BCUT2D eigenvalue weighted by molar-refractivity contribution is 5.99. The summed E-state index contributed by atoms with van der Waals surface area (Å²) in [6.07, 6.45) is 0. The number of aromatic nitrogens is 1. The number of hydrogen-bond acceptors (Lipinski definition) is 2. The molecule has 0 fully saturated rings. The van der Waals surface area contributed by atoms with Crippen molar-refractivity contribution in [1.82, 2.24) is 0 Å². The standard InChI is InChI=1S/C16H10NO2/c1-2-6-11-10(5-1)9-17-15(11)19-14-12-7-3-4-8-13(12)18-16(14)17/h1-8H,9H2/q+1. The van der Waals surface area contributed by atoms with Crippen molar-refractivity contribution in [3.63, 3.8) is 0 Å². The Kier molecular flexibility index (Phi) is 1.51. The summed E-state index contributed by atoms with van der Waals surface area (Å²) >= 11 is 0. The Labute approximate surface area is 108 Å². The fourth-order valence-electron chi connectivity index (χ4n) is 2.91. The summed E-state index contributed by atoms with van der Waals surface area (Å²) in [6, 6.07) is 16.3. The van der Waals surface area contributed by atoms with Gasteiger partial charge in [0.15, 0.2) is 6.54 Å². The van der Waals surface area contributed by atoms with E-state index in [1.54, 1.807) is 0 Å². The van der Waals surface area contributed by atoms with Gasteiger partial charge in [0.2, 0.25) is 0 Å². The Morgan fingerprint density at radius 1 is 0.895 bits per heavy atom. The summed E-state index contributed by atoms with van der Waals surface area (Å²) in [4.78, 5) is 0. The molecule has 0 unspecified atom stereocenters. The van der Waals surface area contributed by atoms with Gasteiger partial charge < -0.3 is 8.83 Å². The zero-order chi connectivity index (χ0) is 12.4. The molecule has 3 nitrogen and oxygen atoms in total. The van der Waals surface area contributed by atoms with Crippen LogP contribution >= 0.6 is 0 Å². The first-order valence-corrected chi connectivity index (χ1v) is 6.34. The van der Waals surface area contributed by atoms with E-state index in [1.807, 2.05) is 30.3 Å². The number of para-hydroxylation sites is 1. The molecule has 3 heteroatoms. The summed E-state index contributed by atoms with van der Waals surface area (Å²) < 4.78 is 14.1. The van der Waals surface area contributed by atoms with Crippen molar-refractivity contribution < 1.29 is 13.4 Å². The zero-order valence-electron chi connectivity index (χ0n) is 10.1. The van der Waals surface area contributed by atoms with Crippen LogP contribution in [-0.2, 0) is 6.54 Å². The molecular weight excluding hydrogens is 238 g/mol. The quantitative estimate of drug-likeness (QED) is 0.393. The smallest absolute Gasteiger partial charge is 0.401 e. The van der Waals surface area contributed by atoms with Gasteiger partial charge in [-0.1, -0.05) is 30.3 Å². The molecular formula is C16H10NO2+. The zero-order valence-corrected chi connectivity index (χ0v) is 10.1. The van der Waals surface area contributed by atoms with E-state index < -0.39 is 0 Å². The molecule has 4 aromatic rings. The molecule has 0 spiro atoms. The van der Waals surface area contributed by atoms with Crippen molar-refractivity contribution in [2.45, 2.75) is 6.54 Å². The molecule has 0 aliphatic carbocycles. The first kappa shape index (κ1) is 9.39. The van der Waals surface area contributed by atoms with Crippen LogP contribution in [0.15, 0.2) is 57.4 Å². The summed E-state index contributed by atoms with van der Waals surface area (Å²) in [7, 11) is 0. The van der Waals surface area contributed by atoms with Gasteiger partial charge in [0.1, 0.15) is 5.58 Å². The second-order valence-corrected chi connectivity index (χ2v) is 4.88. The van der Waals surface area contributed by atoms with Crippen LogP contribution in [0.4, 0.5) is 0 Å². The third-order valence-electron chi connectivity index (χ3n) is 3.80. The Morgan fingerprint density at radius 2 is 1.74 bits per heavy atom. The van der Waals surface area contributed by atoms with E-state index in [1.165, 1.54) is 5.56 Å². The monoisotopic (exact) mass is 248 g/mol. The van der Waals surface area contributed by atoms with Gasteiger partial charge >= 0.3 is 11.6 Å². The van der Waals surface area contributed by atoms with Gasteiger partial charge in [0, 0.05) is 5.56 Å². The summed E-state index contributed by atoms with van der Waals surface area (Å²) in [5.74, 6) is 0.898. The minimum atomic E-state index is 0.818. The molecule has 0 N–H and O–H groups in total. The van der Waals surface area contributed by atoms with Gasteiger partial charge in [-0.25, -0.2) is 0 Å². The molecule has 0 saturated heterocycles. The number of furan rings is 1. The predicted octanol–water partition coefficient (Wildman–Crippen LogP) is 3.50. The fraction of sp³-hybridized carbons (Fsp3) is 0.0625. The van der Waals surface area contributed by atoms with Crippen LogP contribution < -0.4 is 4.57 Å². The van der Waals surface area contributed by atoms with Gasteiger partial charge in [-0.15, -0.1) is 4.57 Å². The normalized spacial score (nSPS) is 13.1. The van der Waals surface area contributed by atoms with Crippen LogP contribution in [0, 0.1) is 0 Å². The SMILES string of the molecule is c1ccc2c(c1)C[n+]1c-2oc2c3ccccc3oc21. The van der Waals surface area contributed by atoms with Crippen molar-refractivity contribution in [3.05, 3.63) is 54.1 Å². The molecule has 0 amide bonds. The maximum Gasteiger partial charge on any atom is 0.422 e. The molecule has 5 rings (SSSR count). The van der Waals surface area contributed by atoms with E-state index in [2.05, 4.69) is 22.8 Å². The lowest BCUT2D eigenvalue weighted by Crippen LogP contribution is -2.30. The lowest BCUT2D eigenvalue weighted by molar-refractivity contribution is -0.655. The number of fused-ring (bicyclic) bond motifs is 7. The Morgan fingerprint density at radius 3 is 2.74 bits per heavy atom. The molecule has 0 radical (unpaired) electrons. The van der Waals surface area contributed by atoms with Gasteiger partial charge in [-0.2, -0.15) is 0 Å². The highest BCUT2D eigenvalue weighted by Crippen LogP contribution is 2.35. The largest absolute Gasteiger partial charge is 0.422 e. The average Bonchev–Trinajstić information content (AvgIpc) is 3.07. The maximum absolute atomic E-state index is 6.06. The number of oxazole rings is 1. The van der Waals surface area contributed by atoms with Gasteiger partial charge in [0.05, 0.1) is 10.9 Å². The van der Waals surface area contributed by atoms with Gasteiger partial charge in [-0.3, -0.25) is 0 Å². The van der Waals surface area contributed by atoms with E-state index in [-0.39, 0.29) is 0 Å². The van der Waals surface area contributed by atoms with Crippen LogP contribution in [0.1, 0.15) is 5.56 Å². The Hall–Kier alpha value is -2.55. The lowest BCUT2D eigenvalue weighted by Gasteiger charge is -1.89. The van der Waals surface area contributed by atoms with E-state index in [0.717, 1.165) is 40.3 Å². The van der Waals surface area contributed by atoms with Crippen LogP contribution in [-0.4, -0.2) is 0 Å². The first-order chi connectivity index (χ1) is 9.42. The van der Waals surface area contributed by atoms with Crippen molar-refractivity contribution in [2.24, 2.45) is 0 Å². The van der Waals surface area contributed by atoms with Crippen molar-refractivity contribution in [2.75, 3.05) is 0 Å². The van der Waals surface area contributed by atoms with Gasteiger partial charge in [0.25, 0.3) is 5.58 Å². The fourth-order valence-corrected chi connectivity index (χ4v) is 2.91. The van der Waals surface area contributed by atoms with Crippen molar-refractivity contribution in [1.29, 1.82) is 0 Å². The highest BCUT2D eigenvalue weighted by atomic mass is 16.4. The summed E-state index contributed by atoms with van der Waals surface area (Å²) in [5, 5.41) is 1.04. The van der Waals surface area contributed by atoms with E-state index in [9.17, 15) is 0 Å². The third-order valence-corrected chi connectivity index (χ3v) is 3.80. The molecule has 0 atom stereocenters. The molecule has 0 saturated carbocycles. The number of hydrogen-bond donors (Lipinski definition) is 0. The minimum absolute atomic E-state index is 0.818. The van der Waals surface area contributed by atoms with E-state index >= 15 is 0 Å². The molecule has 0 bridgehead atoms. The Balaban J connectivity index is 1.93.